The second-order valence-electron chi connectivity index (χ2n) is 9.97. The first-order chi connectivity index (χ1) is 20.3. The van der Waals surface area contributed by atoms with Crippen molar-refractivity contribution in [1.82, 2.24) is 19.9 Å². The Balaban J connectivity index is 1.37. The smallest absolute Gasteiger partial charge is 0.164 e. The molecule has 5 aromatic carbocycles. The zero-order chi connectivity index (χ0) is 27.2. The van der Waals surface area contributed by atoms with Crippen molar-refractivity contribution in [3.8, 4) is 45.3 Å². The lowest BCUT2D eigenvalue weighted by molar-refractivity contribution is 0.669. The summed E-state index contributed by atoms with van der Waals surface area (Å²) in [5, 5.41) is 4.17. The van der Waals surface area contributed by atoms with Crippen LogP contribution in [0.2, 0.25) is 0 Å². The van der Waals surface area contributed by atoms with E-state index in [-0.39, 0.29) is 0 Å². The van der Waals surface area contributed by atoms with Crippen molar-refractivity contribution in [2.45, 2.75) is 0 Å². The maximum atomic E-state index is 6.18. The van der Waals surface area contributed by atoms with Crippen LogP contribution in [0.4, 0.5) is 0 Å². The van der Waals surface area contributed by atoms with Crippen molar-refractivity contribution < 1.29 is 4.42 Å². The molecule has 0 bridgehead atoms. The third-order valence-corrected chi connectivity index (χ3v) is 7.41. The zero-order valence-electron chi connectivity index (χ0n) is 21.9. The Labute approximate surface area is 235 Å². The Morgan fingerprint density at radius 2 is 1.17 bits per heavy atom. The molecule has 0 aliphatic carbocycles. The van der Waals surface area contributed by atoms with Gasteiger partial charge in [0.05, 0.1) is 0 Å². The van der Waals surface area contributed by atoms with Crippen LogP contribution in [-0.4, -0.2) is 19.9 Å². The largest absolute Gasteiger partial charge is 0.456 e. The van der Waals surface area contributed by atoms with E-state index in [2.05, 4.69) is 59.6 Å². The predicted molar refractivity (Wildman–Crippen MR) is 164 cm³/mol. The molecule has 8 aromatic rings. The third-order valence-electron chi connectivity index (χ3n) is 7.41. The summed E-state index contributed by atoms with van der Waals surface area (Å²) in [5.41, 5.74) is 6.62. The van der Waals surface area contributed by atoms with Crippen LogP contribution in [0.3, 0.4) is 0 Å². The van der Waals surface area contributed by atoms with Gasteiger partial charge in [-0.25, -0.2) is 15.0 Å². The van der Waals surface area contributed by atoms with Gasteiger partial charge >= 0.3 is 0 Å². The molecule has 5 nitrogen and oxygen atoms in total. The molecule has 3 heterocycles. The summed E-state index contributed by atoms with van der Waals surface area (Å²) in [7, 11) is 0. The fourth-order valence-corrected chi connectivity index (χ4v) is 5.41. The number of hydrogen-bond donors (Lipinski definition) is 0. The summed E-state index contributed by atoms with van der Waals surface area (Å²) >= 11 is 0. The standard InChI is InChI=1S/C36H22N4O/c1-2-8-23(9-3-1)24-10-6-11-26(20-24)34-38-35(27-16-17-28-22-37-19-18-25(28)21-27)40-36(39-34)30-13-7-15-32-33(30)29-12-4-5-14-31(29)41-32/h1-22H. The van der Waals surface area contributed by atoms with Gasteiger partial charge in [0.25, 0.3) is 0 Å². The maximum absolute atomic E-state index is 6.18. The molecule has 0 saturated heterocycles. The van der Waals surface area contributed by atoms with Gasteiger partial charge in [0.15, 0.2) is 17.5 Å². The van der Waals surface area contributed by atoms with Crippen molar-refractivity contribution in [2.75, 3.05) is 0 Å². The highest BCUT2D eigenvalue weighted by molar-refractivity contribution is 6.11. The van der Waals surface area contributed by atoms with Gasteiger partial charge in [0.1, 0.15) is 11.2 Å². The molecule has 0 radical (unpaired) electrons. The molecule has 3 aromatic heterocycles. The van der Waals surface area contributed by atoms with Gasteiger partial charge in [-0.05, 0) is 46.8 Å². The van der Waals surface area contributed by atoms with Crippen molar-refractivity contribution in [2.24, 2.45) is 0 Å². The Bertz CT molecular complexity index is 2220. The number of hydrogen-bond acceptors (Lipinski definition) is 5. The van der Waals surface area contributed by atoms with Gasteiger partial charge in [-0.15, -0.1) is 0 Å². The van der Waals surface area contributed by atoms with Gasteiger partial charge in [0, 0.05) is 45.2 Å². The highest BCUT2D eigenvalue weighted by atomic mass is 16.3. The number of nitrogens with zero attached hydrogens (tertiary/aromatic N) is 4. The number of rotatable bonds is 4. The summed E-state index contributed by atoms with van der Waals surface area (Å²) in [6, 6.07) is 41.0. The van der Waals surface area contributed by atoms with E-state index in [0.29, 0.717) is 17.5 Å². The van der Waals surface area contributed by atoms with Crippen molar-refractivity contribution in [1.29, 1.82) is 0 Å². The molecule has 0 unspecified atom stereocenters. The minimum absolute atomic E-state index is 0.599. The Hall–Kier alpha value is -5.68. The minimum atomic E-state index is 0.599. The van der Waals surface area contributed by atoms with E-state index in [1.54, 1.807) is 6.20 Å². The molecule has 0 amide bonds. The van der Waals surface area contributed by atoms with Crippen LogP contribution in [0.15, 0.2) is 138 Å². The monoisotopic (exact) mass is 526 g/mol. The van der Waals surface area contributed by atoms with E-state index >= 15 is 0 Å². The van der Waals surface area contributed by atoms with Gasteiger partial charge in [-0.3, -0.25) is 4.98 Å². The number of pyridine rings is 1. The topological polar surface area (TPSA) is 64.7 Å². The van der Waals surface area contributed by atoms with Crippen LogP contribution in [0.25, 0.3) is 78.0 Å². The molecule has 5 heteroatoms. The summed E-state index contributed by atoms with van der Waals surface area (Å²) in [5.74, 6) is 1.82. The van der Waals surface area contributed by atoms with Gasteiger partial charge in [-0.2, -0.15) is 0 Å². The molecule has 0 fully saturated rings. The molecule has 0 atom stereocenters. The van der Waals surface area contributed by atoms with Crippen molar-refractivity contribution in [3.63, 3.8) is 0 Å². The normalized spacial score (nSPS) is 11.4. The Kier molecular flexibility index (Phi) is 5.38. The van der Waals surface area contributed by atoms with Crippen molar-refractivity contribution in [3.05, 3.63) is 134 Å². The van der Waals surface area contributed by atoms with Crippen LogP contribution in [-0.2, 0) is 0 Å². The molecule has 192 valence electrons. The quantitative estimate of drug-likeness (QED) is 0.229. The van der Waals surface area contributed by atoms with Crippen LogP contribution >= 0.6 is 0 Å². The van der Waals surface area contributed by atoms with E-state index in [0.717, 1.165) is 60.5 Å². The second kappa shape index (κ2) is 9.50. The first kappa shape index (κ1) is 23.2. The highest BCUT2D eigenvalue weighted by Gasteiger charge is 2.18. The fraction of sp³-hybridized carbons (Fsp3) is 0. The number of para-hydroxylation sites is 1. The maximum Gasteiger partial charge on any atom is 0.164 e. The molecular formula is C36H22N4O. The van der Waals surface area contributed by atoms with Gasteiger partial charge in [0.2, 0.25) is 0 Å². The average Bonchev–Trinajstić information content (AvgIpc) is 3.44. The highest BCUT2D eigenvalue weighted by Crippen LogP contribution is 2.37. The third kappa shape index (κ3) is 4.12. The van der Waals surface area contributed by atoms with Gasteiger partial charge in [-0.1, -0.05) is 91.0 Å². The SMILES string of the molecule is c1ccc(-c2cccc(-c3nc(-c4ccc5cnccc5c4)nc(-c4cccc5oc6ccccc6c45)n3)c2)cc1. The molecule has 0 aliphatic rings. The zero-order valence-corrected chi connectivity index (χ0v) is 21.9. The first-order valence-electron chi connectivity index (χ1n) is 13.5. The van der Waals surface area contributed by atoms with Crippen LogP contribution in [0.5, 0.6) is 0 Å². The van der Waals surface area contributed by atoms with Gasteiger partial charge < -0.3 is 4.42 Å². The number of benzene rings is 5. The molecular weight excluding hydrogens is 504 g/mol. The van der Waals surface area contributed by atoms with E-state index in [1.807, 2.05) is 72.9 Å². The lowest BCUT2D eigenvalue weighted by Crippen LogP contribution is -2.00. The second-order valence-corrected chi connectivity index (χ2v) is 9.97. The summed E-state index contributed by atoms with van der Waals surface area (Å²) < 4.78 is 6.18. The van der Waals surface area contributed by atoms with E-state index < -0.39 is 0 Å². The Morgan fingerprint density at radius 1 is 0.463 bits per heavy atom. The van der Waals surface area contributed by atoms with Crippen LogP contribution < -0.4 is 0 Å². The first-order valence-corrected chi connectivity index (χ1v) is 13.5. The van der Waals surface area contributed by atoms with E-state index in [1.165, 1.54) is 0 Å². The molecule has 0 saturated carbocycles. The number of aromatic nitrogens is 4. The molecule has 0 spiro atoms. The molecule has 41 heavy (non-hydrogen) atoms. The summed E-state index contributed by atoms with van der Waals surface area (Å²) in [4.78, 5) is 19.4. The minimum Gasteiger partial charge on any atom is -0.456 e. The predicted octanol–water partition coefficient (Wildman–Crippen LogP) is 8.99. The average molecular weight is 527 g/mol. The van der Waals surface area contributed by atoms with E-state index in [9.17, 15) is 0 Å². The van der Waals surface area contributed by atoms with Crippen molar-refractivity contribution >= 4 is 32.7 Å². The number of furan rings is 1. The Morgan fingerprint density at radius 3 is 2.07 bits per heavy atom. The molecule has 8 rings (SSSR count). The van der Waals surface area contributed by atoms with Crippen LogP contribution in [0, 0.1) is 0 Å². The van der Waals surface area contributed by atoms with E-state index in [4.69, 9.17) is 19.4 Å². The lowest BCUT2D eigenvalue weighted by atomic mass is 10.0. The summed E-state index contributed by atoms with van der Waals surface area (Å²) in [6.07, 6.45) is 3.67. The molecule has 0 aliphatic heterocycles. The number of fused-ring (bicyclic) bond motifs is 4. The summed E-state index contributed by atoms with van der Waals surface area (Å²) in [6.45, 7) is 0. The molecule has 0 N–H and O–H groups in total. The lowest BCUT2D eigenvalue weighted by Gasteiger charge is -2.11. The fourth-order valence-electron chi connectivity index (χ4n) is 5.41. The van der Waals surface area contributed by atoms with Crippen LogP contribution in [0.1, 0.15) is 0 Å².